The Morgan fingerprint density at radius 3 is 2.86 bits per heavy atom. The Morgan fingerprint density at radius 1 is 1.16 bits per heavy atom. The van der Waals surface area contributed by atoms with E-state index >= 15 is 0 Å². The SMILES string of the molecule is CO[C@H]1/C=C\CCCS(=O)(NC(=O)CCc2ccccn2)=NC(=O)c2ccc3c(c2)N(C[C@@H]2CC[C@H]21)C[C@@]1(CCCc2cc(Cl)ccc21)CO3. The van der Waals surface area contributed by atoms with Crippen molar-refractivity contribution in [1.82, 2.24) is 9.71 Å². The molecule has 1 unspecified atom stereocenters. The lowest BCUT2D eigenvalue weighted by Gasteiger charge is -2.46. The summed E-state index contributed by atoms with van der Waals surface area (Å²) in [7, 11) is -1.65. The van der Waals surface area contributed by atoms with Gasteiger partial charge in [-0.05, 0) is 117 Å². The lowest BCUT2D eigenvalue weighted by atomic mass is 9.68. The lowest BCUT2D eigenvalue weighted by Crippen LogP contribution is -2.49. The molecule has 11 heteroatoms. The first-order chi connectivity index (χ1) is 24.2. The Kier molecular flexibility index (Phi) is 10.3. The number of carbonyl (C=O) groups is 2. The summed E-state index contributed by atoms with van der Waals surface area (Å²) in [6.07, 6.45) is 12.6. The zero-order valence-electron chi connectivity index (χ0n) is 28.5. The van der Waals surface area contributed by atoms with Gasteiger partial charge in [0.05, 0.1) is 24.2 Å². The van der Waals surface area contributed by atoms with Gasteiger partial charge in [-0.15, -0.1) is 4.36 Å². The molecule has 2 amide bonds. The van der Waals surface area contributed by atoms with Crippen LogP contribution in [-0.4, -0.2) is 59.7 Å². The highest BCUT2D eigenvalue weighted by molar-refractivity contribution is 7.92. The molecular weight excluding hydrogens is 672 g/mol. The first-order valence-electron chi connectivity index (χ1n) is 17.7. The highest BCUT2D eigenvalue weighted by atomic mass is 35.5. The van der Waals surface area contributed by atoms with E-state index in [0.29, 0.717) is 49.0 Å². The van der Waals surface area contributed by atoms with E-state index in [2.05, 4.69) is 43.3 Å². The van der Waals surface area contributed by atoms with Crippen molar-refractivity contribution in [3.8, 4) is 5.75 Å². The predicted molar refractivity (Wildman–Crippen MR) is 196 cm³/mol. The summed E-state index contributed by atoms with van der Waals surface area (Å²) in [5.41, 5.74) is 4.20. The number of pyridine rings is 1. The molecule has 3 aromatic rings. The number of aromatic nitrogens is 1. The van der Waals surface area contributed by atoms with Crippen molar-refractivity contribution in [1.29, 1.82) is 0 Å². The number of allylic oxidation sites excluding steroid dienone is 1. The van der Waals surface area contributed by atoms with Crippen molar-refractivity contribution in [2.45, 2.75) is 69.3 Å². The number of hydrogen-bond donors (Lipinski definition) is 1. The van der Waals surface area contributed by atoms with Crippen LogP contribution in [0.3, 0.4) is 0 Å². The average molecular weight is 717 g/mol. The summed E-state index contributed by atoms with van der Waals surface area (Å²) in [4.78, 5) is 33.6. The number of amides is 2. The molecule has 0 saturated heterocycles. The van der Waals surface area contributed by atoms with Gasteiger partial charge in [0.1, 0.15) is 15.7 Å². The number of carbonyl (C=O) groups excluding carboxylic acids is 2. The standard InChI is InChI=1S/C39H45ClN4O5S/c1-48-35-10-3-2-6-21-50(47,42-37(45)18-14-31-9-4-5-20-41-31)43-38(46)28-12-17-36-34(23-28)44(24-29-11-15-32(29)35)25-39(26-49-36)19-7-8-27-22-30(40)13-16-33(27)39/h3-5,9-10,12-13,16-17,20,22-23,29,32,35H,2,6-8,11,14-15,18-19,21,24-26H2,1H3,(H,42,43,45,46,47)/b10-3-/t29-,32+,35-,39-,50?/m0/s1. The van der Waals surface area contributed by atoms with Crippen LogP contribution in [0, 0.1) is 11.8 Å². The minimum atomic E-state index is -3.41. The molecule has 4 aliphatic rings. The fourth-order valence-corrected chi connectivity index (χ4v) is 9.95. The van der Waals surface area contributed by atoms with Crippen LogP contribution in [0.15, 0.2) is 77.3 Å². The Balaban J connectivity index is 1.24. The normalized spacial score (nSPS) is 28.6. The summed E-state index contributed by atoms with van der Waals surface area (Å²) in [6.45, 7) is 2.03. The molecule has 0 radical (unpaired) electrons. The van der Waals surface area contributed by atoms with E-state index in [1.54, 1.807) is 19.4 Å². The maximum Gasteiger partial charge on any atom is 0.286 e. The molecule has 2 aromatic carbocycles. The fraction of sp³-hybridized carbons (Fsp3) is 0.462. The van der Waals surface area contributed by atoms with Crippen LogP contribution in [0.4, 0.5) is 5.69 Å². The van der Waals surface area contributed by atoms with Crippen LogP contribution in [0.1, 0.15) is 72.1 Å². The molecule has 9 nitrogen and oxygen atoms in total. The molecule has 1 N–H and O–H groups in total. The number of nitrogens with zero attached hydrogens (tertiary/aromatic N) is 3. The number of fused-ring (bicyclic) bond motifs is 4. The third-order valence-electron chi connectivity index (χ3n) is 10.9. The number of halogens is 1. The fourth-order valence-electron chi connectivity index (χ4n) is 8.13. The number of anilines is 1. The second kappa shape index (κ2) is 14.9. The van der Waals surface area contributed by atoms with Crippen molar-refractivity contribution in [2.75, 3.05) is 37.5 Å². The molecule has 264 valence electrons. The molecule has 7 rings (SSSR count). The van der Waals surface area contributed by atoms with Crippen molar-refractivity contribution in [3.63, 3.8) is 0 Å². The van der Waals surface area contributed by atoms with Crippen LogP contribution in [0.25, 0.3) is 0 Å². The largest absolute Gasteiger partial charge is 0.490 e. The Hall–Kier alpha value is -3.73. The molecule has 1 spiro atoms. The Labute approximate surface area is 300 Å². The first-order valence-corrected chi connectivity index (χ1v) is 19.8. The second-order valence-electron chi connectivity index (χ2n) is 14.1. The lowest BCUT2D eigenvalue weighted by molar-refractivity contribution is -0.119. The number of methoxy groups -OCH3 is 1. The molecule has 2 aliphatic carbocycles. The third kappa shape index (κ3) is 7.48. The maximum absolute atomic E-state index is 14.2. The van der Waals surface area contributed by atoms with Gasteiger partial charge < -0.3 is 14.4 Å². The molecule has 1 aromatic heterocycles. The highest BCUT2D eigenvalue weighted by Crippen LogP contribution is 2.47. The summed E-state index contributed by atoms with van der Waals surface area (Å²) in [6, 6.07) is 17.1. The second-order valence-corrected chi connectivity index (χ2v) is 16.7. The zero-order chi connectivity index (χ0) is 34.7. The molecule has 2 aliphatic heterocycles. The number of benzene rings is 2. The van der Waals surface area contributed by atoms with Crippen LogP contribution in [0.2, 0.25) is 5.02 Å². The molecule has 50 heavy (non-hydrogen) atoms. The quantitative estimate of drug-likeness (QED) is 0.287. The van der Waals surface area contributed by atoms with E-state index in [-0.39, 0.29) is 23.7 Å². The Bertz CT molecular complexity index is 1890. The van der Waals surface area contributed by atoms with Gasteiger partial charge in [-0.25, -0.2) is 4.21 Å². The van der Waals surface area contributed by atoms with Crippen molar-refractivity contribution >= 4 is 39.0 Å². The van der Waals surface area contributed by atoms with Crippen molar-refractivity contribution < 1.29 is 23.3 Å². The van der Waals surface area contributed by atoms with Gasteiger partial charge in [-0.1, -0.05) is 35.9 Å². The van der Waals surface area contributed by atoms with Gasteiger partial charge in [-0.2, -0.15) is 0 Å². The monoisotopic (exact) mass is 716 g/mol. The number of aryl methyl sites for hydroxylation is 2. The zero-order valence-corrected chi connectivity index (χ0v) is 30.1. The molecule has 5 atom stereocenters. The summed E-state index contributed by atoms with van der Waals surface area (Å²) < 4.78 is 33.8. The van der Waals surface area contributed by atoms with Crippen molar-refractivity contribution in [2.24, 2.45) is 16.2 Å². The maximum atomic E-state index is 14.2. The molecule has 3 heterocycles. The number of hydrogen-bond acceptors (Lipinski definition) is 7. The van der Waals surface area contributed by atoms with E-state index < -0.39 is 21.7 Å². The number of rotatable bonds is 5. The van der Waals surface area contributed by atoms with Gasteiger partial charge in [0.2, 0.25) is 5.91 Å². The van der Waals surface area contributed by atoms with Crippen LogP contribution in [-0.2, 0) is 37.7 Å². The average Bonchev–Trinajstić information content (AvgIpc) is 3.25. The third-order valence-corrected chi connectivity index (χ3v) is 12.9. The minimum Gasteiger partial charge on any atom is -0.490 e. The summed E-state index contributed by atoms with van der Waals surface area (Å²) >= 11 is 6.45. The minimum absolute atomic E-state index is 0.0379. The topological polar surface area (TPSA) is 110 Å². The van der Waals surface area contributed by atoms with Crippen LogP contribution >= 0.6 is 11.6 Å². The van der Waals surface area contributed by atoms with Crippen molar-refractivity contribution in [3.05, 3.63) is 100 Å². The highest BCUT2D eigenvalue weighted by Gasteiger charge is 2.44. The Morgan fingerprint density at radius 2 is 2.06 bits per heavy atom. The first kappa shape index (κ1) is 34.7. The summed E-state index contributed by atoms with van der Waals surface area (Å²) in [5.74, 6) is 0.462. The van der Waals surface area contributed by atoms with E-state index in [0.717, 1.165) is 61.6 Å². The van der Waals surface area contributed by atoms with Gasteiger partial charge in [0.15, 0.2) is 0 Å². The van der Waals surface area contributed by atoms with Gasteiger partial charge in [-0.3, -0.25) is 19.3 Å². The molecule has 1 saturated carbocycles. The van der Waals surface area contributed by atoms with Gasteiger partial charge in [0.25, 0.3) is 5.91 Å². The van der Waals surface area contributed by atoms with Crippen LogP contribution in [0.5, 0.6) is 5.75 Å². The molecular formula is C39H45ClN4O5S. The van der Waals surface area contributed by atoms with Crippen LogP contribution < -0.4 is 14.4 Å². The van der Waals surface area contributed by atoms with E-state index in [4.69, 9.17) is 21.1 Å². The van der Waals surface area contributed by atoms with Gasteiger partial charge in [0, 0.05) is 54.5 Å². The van der Waals surface area contributed by atoms with E-state index in [9.17, 15) is 13.8 Å². The molecule has 2 bridgehead atoms. The van der Waals surface area contributed by atoms with Gasteiger partial charge >= 0.3 is 0 Å². The predicted octanol–water partition coefficient (Wildman–Crippen LogP) is 6.87. The number of ether oxygens (including phenoxy) is 2. The number of nitrogens with one attached hydrogen (secondary N) is 1. The van der Waals surface area contributed by atoms with E-state index in [1.807, 2.05) is 36.4 Å². The molecule has 1 fully saturated rings. The smallest absolute Gasteiger partial charge is 0.286 e. The van der Waals surface area contributed by atoms with E-state index in [1.165, 1.54) is 11.1 Å². The summed E-state index contributed by atoms with van der Waals surface area (Å²) in [5, 5.41) is 0.743.